The summed E-state index contributed by atoms with van der Waals surface area (Å²) in [6.45, 7) is 1.89. The Bertz CT molecular complexity index is 408. The lowest BCUT2D eigenvalue weighted by Crippen LogP contribution is -2.40. The van der Waals surface area contributed by atoms with Crippen molar-refractivity contribution in [2.75, 3.05) is 13.1 Å². The number of halogens is 1. The van der Waals surface area contributed by atoms with Crippen molar-refractivity contribution >= 4 is 6.09 Å². The first kappa shape index (κ1) is 12.8. The Morgan fingerprint density at radius 2 is 2.17 bits per heavy atom. The summed E-state index contributed by atoms with van der Waals surface area (Å²) >= 11 is 0. The fourth-order valence-corrected chi connectivity index (χ4v) is 2.29. The predicted octanol–water partition coefficient (Wildman–Crippen LogP) is 2.06. The summed E-state index contributed by atoms with van der Waals surface area (Å²) in [4.78, 5) is 12.4. The maximum atomic E-state index is 12.7. The number of carboxylic acid groups (broad SMARTS) is 1. The fourth-order valence-electron chi connectivity index (χ4n) is 2.29. The lowest BCUT2D eigenvalue weighted by Gasteiger charge is -2.21. The Balaban J connectivity index is 1.78. The summed E-state index contributed by atoms with van der Waals surface area (Å²) in [7, 11) is 0. The Morgan fingerprint density at radius 1 is 1.44 bits per heavy atom. The van der Waals surface area contributed by atoms with Crippen LogP contribution in [0.3, 0.4) is 0 Å². The van der Waals surface area contributed by atoms with Crippen molar-refractivity contribution in [2.45, 2.75) is 25.4 Å². The Morgan fingerprint density at radius 3 is 2.83 bits per heavy atom. The van der Waals surface area contributed by atoms with Crippen molar-refractivity contribution in [3.05, 3.63) is 35.6 Å². The monoisotopic (exact) mass is 252 g/mol. The zero-order valence-corrected chi connectivity index (χ0v) is 10.1. The lowest BCUT2D eigenvalue weighted by atomic mass is 10.2. The molecule has 0 aromatic heterocycles. The molecule has 1 aliphatic heterocycles. The molecule has 2 rings (SSSR count). The maximum absolute atomic E-state index is 12.7. The van der Waals surface area contributed by atoms with Crippen LogP contribution in [-0.4, -0.2) is 35.2 Å². The van der Waals surface area contributed by atoms with Gasteiger partial charge in [-0.1, -0.05) is 12.1 Å². The number of likely N-dealkylation sites (tertiary alicyclic amines) is 1. The number of amides is 1. The Labute approximate surface area is 105 Å². The molecule has 0 saturated carbocycles. The molecule has 0 radical (unpaired) electrons. The molecule has 1 fully saturated rings. The molecular formula is C13H17FN2O2. The normalized spacial score (nSPS) is 19.2. The van der Waals surface area contributed by atoms with E-state index >= 15 is 0 Å². The number of carbonyl (C=O) groups is 1. The number of nitrogens with zero attached hydrogens (tertiary/aromatic N) is 1. The SMILES string of the molecule is O=C(O)N1CCC[C@H]1CNCc1ccc(F)cc1. The summed E-state index contributed by atoms with van der Waals surface area (Å²) in [5.74, 6) is -0.244. The average Bonchev–Trinajstić information content (AvgIpc) is 2.80. The molecule has 1 heterocycles. The second kappa shape index (κ2) is 5.82. The topological polar surface area (TPSA) is 52.6 Å². The van der Waals surface area contributed by atoms with Gasteiger partial charge in [0.2, 0.25) is 0 Å². The molecule has 5 heteroatoms. The summed E-state index contributed by atoms with van der Waals surface area (Å²) in [5.41, 5.74) is 0.997. The third-order valence-electron chi connectivity index (χ3n) is 3.25. The largest absolute Gasteiger partial charge is 0.465 e. The van der Waals surface area contributed by atoms with Crippen molar-refractivity contribution in [2.24, 2.45) is 0 Å². The number of hydrogen-bond acceptors (Lipinski definition) is 2. The summed E-state index contributed by atoms with van der Waals surface area (Å²) < 4.78 is 12.7. The Kier molecular flexibility index (Phi) is 4.15. The highest BCUT2D eigenvalue weighted by Crippen LogP contribution is 2.16. The fraction of sp³-hybridized carbons (Fsp3) is 0.462. The highest BCUT2D eigenvalue weighted by atomic mass is 19.1. The Hall–Kier alpha value is -1.62. The average molecular weight is 252 g/mol. The molecule has 18 heavy (non-hydrogen) atoms. The summed E-state index contributed by atoms with van der Waals surface area (Å²) in [5, 5.41) is 12.2. The molecule has 1 aromatic rings. The summed E-state index contributed by atoms with van der Waals surface area (Å²) in [6.07, 6.45) is 0.985. The minimum atomic E-state index is -0.846. The first-order valence-corrected chi connectivity index (χ1v) is 6.11. The molecule has 0 spiro atoms. The van der Waals surface area contributed by atoms with Crippen LogP contribution in [-0.2, 0) is 6.54 Å². The minimum Gasteiger partial charge on any atom is -0.465 e. The van der Waals surface area contributed by atoms with E-state index < -0.39 is 6.09 Å². The van der Waals surface area contributed by atoms with Crippen LogP contribution >= 0.6 is 0 Å². The van der Waals surface area contributed by atoms with Crippen molar-refractivity contribution in [3.8, 4) is 0 Å². The second-order valence-electron chi connectivity index (χ2n) is 4.53. The van der Waals surface area contributed by atoms with E-state index in [1.165, 1.54) is 17.0 Å². The van der Waals surface area contributed by atoms with Crippen LogP contribution in [0.15, 0.2) is 24.3 Å². The van der Waals surface area contributed by atoms with Crippen LogP contribution in [0.1, 0.15) is 18.4 Å². The molecule has 1 saturated heterocycles. The minimum absolute atomic E-state index is 0.0583. The van der Waals surface area contributed by atoms with Gasteiger partial charge in [-0.2, -0.15) is 0 Å². The van der Waals surface area contributed by atoms with Crippen molar-refractivity contribution in [1.82, 2.24) is 10.2 Å². The molecule has 2 N–H and O–H groups in total. The van der Waals surface area contributed by atoms with Gasteiger partial charge in [0.25, 0.3) is 0 Å². The van der Waals surface area contributed by atoms with Crippen molar-refractivity contribution in [3.63, 3.8) is 0 Å². The van der Waals surface area contributed by atoms with Gasteiger partial charge < -0.3 is 15.3 Å². The molecule has 1 amide bonds. The van der Waals surface area contributed by atoms with E-state index in [1.54, 1.807) is 12.1 Å². The van der Waals surface area contributed by atoms with E-state index in [9.17, 15) is 9.18 Å². The first-order chi connectivity index (χ1) is 8.66. The van der Waals surface area contributed by atoms with Gasteiger partial charge in [-0.3, -0.25) is 0 Å². The van der Waals surface area contributed by atoms with Gasteiger partial charge in [0.15, 0.2) is 0 Å². The van der Waals surface area contributed by atoms with Crippen LogP contribution in [0.5, 0.6) is 0 Å². The lowest BCUT2D eigenvalue weighted by molar-refractivity contribution is 0.139. The van der Waals surface area contributed by atoms with Crippen LogP contribution in [0.4, 0.5) is 9.18 Å². The van der Waals surface area contributed by atoms with E-state index in [-0.39, 0.29) is 11.9 Å². The van der Waals surface area contributed by atoms with Crippen molar-refractivity contribution in [1.29, 1.82) is 0 Å². The van der Waals surface area contributed by atoms with Gasteiger partial charge in [-0.15, -0.1) is 0 Å². The van der Waals surface area contributed by atoms with Gasteiger partial charge in [0.05, 0.1) is 0 Å². The number of nitrogens with one attached hydrogen (secondary N) is 1. The van der Waals surface area contributed by atoms with Crippen LogP contribution in [0.2, 0.25) is 0 Å². The molecule has 1 atom stereocenters. The quantitative estimate of drug-likeness (QED) is 0.862. The molecule has 1 aromatic carbocycles. The van der Waals surface area contributed by atoms with E-state index in [0.717, 1.165) is 18.4 Å². The van der Waals surface area contributed by atoms with E-state index in [1.807, 2.05) is 0 Å². The van der Waals surface area contributed by atoms with Crippen molar-refractivity contribution < 1.29 is 14.3 Å². The van der Waals surface area contributed by atoms with Gasteiger partial charge >= 0.3 is 6.09 Å². The zero-order chi connectivity index (χ0) is 13.0. The highest BCUT2D eigenvalue weighted by molar-refractivity contribution is 5.65. The number of rotatable bonds is 4. The van der Waals surface area contributed by atoms with Crippen LogP contribution in [0.25, 0.3) is 0 Å². The van der Waals surface area contributed by atoms with Crippen LogP contribution < -0.4 is 5.32 Å². The zero-order valence-electron chi connectivity index (χ0n) is 10.1. The third-order valence-corrected chi connectivity index (χ3v) is 3.25. The van der Waals surface area contributed by atoms with E-state index in [2.05, 4.69) is 5.32 Å². The molecule has 0 bridgehead atoms. The second-order valence-corrected chi connectivity index (χ2v) is 4.53. The van der Waals surface area contributed by atoms with Crippen LogP contribution in [0, 0.1) is 5.82 Å². The van der Waals surface area contributed by atoms with Gasteiger partial charge in [0.1, 0.15) is 5.82 Å². The molecule has 1 aliphatic rings. The molecular weight excluding hydrogens is 235 g/mol. The maximum Gasteiger partial charge on any atom is 0.407 e. The molecule has 98 valence electrons. The molecule has 0 unspecified atom stereocenters. The van der Waals surface area contributed by atoms with Gasteiger partial charge in [-0.05, 0) is 30.5 Å². The standard InChI is InChI=1S/C13H17FN2O2/c14-11-5-3-10(4-6-11)8-15-9-12-2-1-7-16(12)13(17)18/h3-6,12,15H,1-2,7-9H2,(H,17,18)/t12-/m0/s1. The molecule has 0 aliphatic carbocycles. The van der Waals surface area contributed by atoms with Gasteiger partial charge in [-0.25, -0.2) is 9.18 Å². The number of benzene rings is 1. The predicted molar refractivity (Wildman–Crippen MR) is 65.9 cm³/mol. The third kappa shape index (κ3) is 3.20. The molecule has 4 nitrogen and oxygen atoms in total. The van der Waals surface area contributed by atoms with E-state index in [0.29, 0.717) is 19.6 Å². The summed E-state index contributed by atoms with van der Waals surface area (Å²) in [6, 6.07) is 6.37. The number of hydrogen-bond donors (Lipinski definition) is 2. The van der Waals surface area contributed by atoms with E-state index in [4.69, 9.17) is 5.11 Å². The van der Waals surface area contributed by atoms with Gasteiger partial charge in [0, 0.05) is 25.7 Å². The highest BCUT2D eigenvalue weighted by Gasteiger charge is 2.27. The first-order valence-electron chi connectivity index (χ1n) is 6.11. The smallest absolute Gasteiger partial charge is 0.407 e.